The molecule has 0 unspecified atom stereocenters. The lowest BCUT2D eigenvalue weighted by Crippen LogP contribution is -2.43. The Bertz CT molecular complexity index is 1360. The van der Waals surface area contributed by atoms with Crippen LogP contribution in [0.1, 0.15) is 11.3 Å². The third-order valence-electron chi connectivity index (χ3n) is 4.58. The molecule has 10 nitrogen and oxygen atoms in total. The predicted molar refractivity (Wildman–Crippen MR) is 140 cm³/mol. The summed E-state index contributed by atoms with van der Waals surface area (Å²) in [5.74, 6) is 0.0847. The second kappa shape index (κ2) is 12.4. The lowest BCUT2D eigenvalue weighted by Gasteiger charge is -2.15. The number of hydrazine groups is 1. The lowest BCUT2D eigenvalue weighted by atomic mass is 10.2. The van der Waals surface area contributed by atoms with Crippen LogP contribution in [0.3, 0.4) is 0 Å². The zero-order valence-corrected chi connectivity index (χ0v) is 21.6. The van der Waals surface area contributed by atoms with Crippen molar-refractivity contribution in [1.29, 1.82) is 0 Å². The Hall–Kier alpha value is -3.58. The number of hydrogen-bond donors (Lipinski definition) is 4. The van der Waals surface area contributed by atoms with Crippen molar-refractivity contribution in [3.8, 4) is 11.5 Å². The Labute approximate surface area is 218 Å². The van der Waals surface area contributed by atoms with E-state index in [4.69, 9.17) is 37.7 Å². The first-order valence-electron chi connectivity index (χ1n) is 10.3. The van der Waals surface area contributed by atoms with E-state index in [2.05, 4.69) is 20.9 Å². The number of amides is 1. The molecule has 2 aromatic carbocycles. The molecule has 0 aliphatic carbocycles. The van der Waals surface area contributed by atoms with Crippen molar-refractivity contribution in [2.75, 3.05) is 19.5 Å². The molecule has 0 aliphatic rings. The van der Waals surface area contributed by atoms with Crippen LogP contribution in [0, 0.1) is 0 Å². The molecule has 0 radical (unpaired) electrons. The highest BCUT2D eigenvalue weighted by atomic mass is 35.5. The van der Waals surface area contributed by atoms with Gasteiger partial charge in [-0.3, -0.25) is 15.6 Å². The van der Waals surface area contributed by atoms with Gasteiger partial charge in [0.2, 0.25) is 10.0 Å². The Kier molecular flexibility index (Phi) is 9.31. The first-order valence-corrected chi connectivity index (χ1v) is 12.6. The van der Waals surface area contributed by atoms with E-state index in [0.29, 0.717) is 22.0 Å². The lowest BCUT2D eigenvalue weighted by molar-refractivity contribution is -0.116. The number of thiocarbonyl (C=S) groups is 1. The molecule has 0 spiro atoms. The maximum Gasteiger partial charge on any atom is 0.262 e. The standard InChI is InChI=1S/C23H23ClN4O6S2/c1-32-19-11-15(8-9-21(29)27-28-23(35)26-17-6-3-5-16(24)13-17)12-20(22(19)33-2)36(30,31)25-14-18-7-4-10-34-18/h3-13,25H,14H2,1-2H3,(H,27,29)(H2,26,28,35). The fraction of sp³-hybridized carbons (Fsp3) is 0.130. The van der Waals surface area contributed by atoms with E-state index in [-0.39, 0.29) is 28.1 Å². The second-order valence-electron chi connectivity index (χ2n) is 7.07. The van der Waals surface area contributed by atoms with Gasteiger partial charge in [-0.15, -0.1) is 0 Å². The fourth-order valence-electron chi connectivity index (χ4n) is 2.96. The van der Waals surface area contributed by atoms with Crippen molar-refractivity contribution in [3.05, 3.63) is 77.2 Å². The molecular weight excluding hydrogens is 528 g/mol. The number of ether oxygens (including phenoxy) is 2. The summed E-state index contributed by atoms with van der Waals surface area (Å²) in [6.07, 6.45) is 4.06. The fourth-order valence-corrected chi connectivity index (χ4v) is 4.53. The van der Waals surface area contributed by atoms with Crippen LogP contribution < -0.4 is 30.4 Å². The highest BCUT2D eigenvalue weighted by Gasteiger charge is 2.24. The highest BCUT2D eigenvalue weighted by Crippen LogP contribution is 2.36. The molecule has 0 bridgehead atoms. The number of carbonyl (C=O) groups is 1. The van der Waals surface area contributed by atoms with Gasteiger partial charge in [0.05, 0.1) is 27.0 Å². The summed E-state index contributed by atoms with van der Waals surface area (Å²) in [6.45, 7) is -0.0575. The van der Waals surface area contributed by atoms with E-state index in [1.54, 1.807) is 36.4 Å². The summed E-state index contributed by atoms with van der Waals surface area (Å²) in [4.78, 5) is 12.1. The average molecular weight is 551 g/mol. The topological polar surface area (TPSA) is 131 Å². The number of anilines is 1. The Balaban J connectivity index is 1.70. The monoisotopic (exact) mass is 550 g/mol. The van der Waals surface area contributed by atoms with Crippen LogP contribution in [0.15, 0.2) is 70.2 Å². The minimum Gasteiger partial charge on any atom is -0.493 e. The van der Waals surface area contributed by atoms with E-state index < -0.39 is 15.9 Å². The predicted octanol–water partition coefficient (Wildman–Crippen LogP) is 3.46. The molecule has 0 atom stereocenters. The number of carbonyl (C=O) groups excluding carboxylic acids is 1. The third-order valence-corrected chi connectivity index (χ3v) is 6.43. The van der Waals surface area contributed by atoms with Gasteiger partial charge in [0.25, 0.3) is 5.91 Å². The molecule has 1 heterocycles. The second-order valence-corrected chi connectivity index (χ2v) is 9.65. The first-order chi connectivity index (χ1) is 17.2. The van der Waals surface area contributed by atoms with Crippen LogP contribution in [-0.2, 0) is 21.4 Å². The summed E-state index contributed by atoms with van der Waals surface area (Å²) in [7, 11) is -1.31. The zero-order chi connectivity index (χ0) is 26.1. The third kappa shape index (κ3) is 7.46. The van der Waals surface area contributed by atoms with Gasteiger partial charge in [-0.2, -0.15) is 0 Å². The Morgan fingerprint density at radius 1 is 1.11 bits per heavy atom. The van der Waals surface area contributed by atoms with E-state index in [1.165, 1.54) is 44.8 Å². The summed E-state index contributed by atoms with van der Waals surface area (Å²) in [5.41, 5.74) is 5.99. The molecule has 190 valence electrons. The number of hydrogen-bond acceptors (Lipinski definition) is 7. The van der Waals surface area contributed by atoms with Gasteiger partial charge in [-0.1, -0.05) is 17.7 Å². The molecule has 13 heteroatoms. The number of rotatable bonds is 9. The van der Waals surface area contributed by atoms with Crippen LogP contribution in [0.25, 0.3) is 6.08 Å². The molecule has 3 aromatic rings. The van der Waals surface area contributed by atoms with Crippen molar-refractivity contribution in [2.24, 2.45) is 0 Å². The SMILES string of the molecule is COc1cc(C=CC(=O)NNC(=S)Nc2cccc(Cl)c2)cc(S(=O)(=O)NCc2ccco2)c1OC. The van der Waals surface area contributed by atoms with Crippen molar-refractivity contribution in [3.63, 3.8) is 0 Å². The smallest absolute Gasteiger partial charge is 0.262 e. The molecule has 1 aromatic heterocycles. The summed E-state index contributed by atoms with van der Waals surface area (Å²) >= 11 is 11.1. The minimum atomic E-state index is -4.02. The molecule has 0 aliphatic heterocycles. The molecular formula is C23H23ClN4O6S2. The van der Waals surface area contributed by atoms with Crippen molar-refractivity contribution in [1.82, 2.24) is 15.6 Å². The molecule has 36 heavy (non-hydrogen) atoms. The maximum absolute atomic E-state index is 13.0. The van der Waals surface area contributed by atoms with Gasteiger partial charge in [-0.05, 0) is 66.3 Å². The van der Waals surface area contributed by atoms with E-state index in [0.717, 1.165) is 0 Å². The summed E-state index contributed by atoms with van der Waals surface area (Å²) in [6, 6.07) is 13.1. The zero-order valence-electron chi connectivity index (χ0n) is 19.2. The van der Waals surface area contributed by atoms with Crippen LogP contribution >= 0.6 is 23.8 Å². The molecule has 1 amide bonds. The van der Waals surface area contributed by atoms with Gasteiger partial charge in [0.15, 0.2) is 16.6 Å². The van der Waals surface area contributed by atoms with Crippen LogP contribution in [0.2, 0.25) is 5.02 Å². The molecule has 4 N–H and O–H groups in total. The van der Waals surface area contributed by atoms with Crippen molar-refractivity contribution in [2.45, 2.75) is 11.4 Å². The normalized spacial score (nSPS) is 11.2. The Morgan fingerprint density at radius 3 is 2.58 bits per heavy atom. The van der Waals surface area contributed by atoms with Crippen molar-refractivity contribution >= 4 is 56.6 Å². The summed E-state index contributed by atoms with van der Waals surface area (Å²) in [5, 5.41) is 3.54. The maximum atomic E-state index is 13.0. The van der Waals surface area contributed by atoms with Crippen LogP contribution in [0.5, 0.6) is 11.5 Å². The number of sulfonamides is 1. The summed E-state index contributed by atoms with van der Waals surface area (Å²) < 4.78 is 44.2. The van der Waals surface area contributed by atoms with Gasteiger partial charge in [-0.25, -0.2) is 13.1 Å². The quantitative estimate of drug-likeness (QED) is 0.180. The largest absolute Gasteiger partial charge is 0.493 e. The van der Waals surface area contributed by atoms with E-state index >= 15 is 0 Å². The highest BCUT2D eigenvalue weighted by molar-refractivity contribution is 7.89. The number of nitrogens with one attached hydrogen (secondary N) is 4. The van der Waals surface area contributed by atoms with Crippen LogP contribution in [0.4, 0.5) is 5.69 Å². The Morgan fingerprint density at radius 2 is 1.92 bits per heavy atom. The van der Waals surface area contributed by atoms with E-state index in [9.17, 15) is 13.2 Å². The van der Waals surface area contributed by atoms with Crippen molar-refractivity contribution < 1.29 is 27.1 Å². The van der Waals surface area contributed by atoms with Gasteiger partial charge >= 0.3 is 0 Å². The molecule has 0 fully saturated rings. The molecule has 3 rings (SSSR count). The number of halogens is 1. The average Bonchev–Trinajstić information content (AvgIpc) is 3.38. The van der Waals surface area contributed by atoms with Gasteiger partial charge in [0.1, 0.15) is 10.7 Å². The number of methoxy groups -OCH3 is 2. The number of furan rings is 1. The number of benzene rings is 2. The molecule has 0 saturated heterocycles. The minimum absolute atomic E-state index is 0.0187. The van der Waals surface area contributed by atoms with E-state index in [1.807, 2.05) is 0 Å². The first kappa shape index (κ1) is 27.0. The van der Waals surface area contributed by atoms with Crippen LogP contribution in [-0.4, -0.2) is 33.7 Å². The van der Waals surface area contributed by atoms with Gasteiger partial charge in [0, 0.05) is 16.8 Å². The molecule has 0 saturated carbocycles. The van der Waals surface area contributed by atoms with Gasteiger partial charge < -0.3 is 19.2 Å².